The average Bonchev–Trinajstić information content (AvgIpc) is 3.36. The molecule has 1 saturated carbocycles. The van der Waals surface area contributed by atoms with Gasteiger partial charge in [0.05, 0.1) is 34.3 Å². The van der Waals surface area contributed by atoms with Crippen molar-refractivity contribution in [3.63, 3.8) is 0 Å². The van der Waals surface area contributed by atoms with E-state index in [1.54, 1.807) is 28.6 Å². The molecule has 1 aliphatic carbocycles. The van der Waals surface area contributed by atoms with Gasteiger partial charge in [-0.15, -0.1) is 0 Å². The molecule has 2 amide bonds. The van der Waals surface area contributed by atoms with Crippen molar-refractivity contribution < 1.29 is 14.3 Å². The number of para-hydroxylation sites is 1. The van der Waals surface area contributed by atoms with Crippen molar-refractivity contribution in [3.8, 4) is 6.07 Å². The maximum absolute atomic E-state index is 13.2. The van der Waals surface area contributed by atoms with Crippen molar-refractivity contribution in [2.45, 2.75) is 88.4 Å². The van der Waals surface area contributed by atoms with Gasteiger partial charge >= 0.3 is 5.69 Å². The molecule has 7 rings (SSSR count). The van der Waals surface area contributed by atoms with E-state index < -0.39 is 11.9 Å². The quantitative estimate of drug-likeness (QED) is 0.203. The van der Waals surface area contributed by atoms with Crippen LogP contribution in [0.25, 0.3) is 21.9 Å². The summed E-state index contributed by atoms with van der Waals surface area (Å²) in [6, 6.07) is 13.9. The SMILES string of the molecule is Cn1c(=O)n(C2CCC(=O)NC2=O)c2cccc(CCCOC3CCN(C4CCC(Nc5ncnc6ccc(C#N)cc56)CC4)CC3)c21. The van der Waals surface area contributed by atoms with Crippen LogP contribution in [0.1, 0.15) is 75.0 Å². The number of imide groups is 1. The molecule has 4 aromatic rings. The number of amides is 2. The van der Waals surface area contributed by atoms with Gasteiger partial charge in [0.15, 0.2) is 0 Å². The molecule has 1 atom stereocenters. The van der Waals surface area contributed by atoms with Gasteiger partial charge in [0.25, 0.3) is 0 Å². The number of ether oxygens (including phenoxy) is 1. The summed E-state index contributed by atoms with van der Waals surface area (Å²) in [5, 5.41) is 16.2. The predicted molar refractivity (Wildman–Crippen MR) is 181 cm³/mol. The predicted octanol–water partition coefficient (Wildman–Crippen LogP) is 3.97. The van der Waals surface area contributed by atoms with Crippen molar-refractivity contribution >= 4 is 39.6 Å². The molecule has 2 saturated heterocycles. The second-order valence-electron chi connectivity index (χ2n) is 13.4. The number of rotatable bonds is 9. The van der Waals surface area contributed by atoms with Gasteiger partial charge in [-0.1, -0.05) is 12.1 Å². The maximum atomic E-state index is 13.2. The van der Waals surface area contributed by atoms with Gasteiger partial charge in [0.2, 0.25) is 11.8 Å². The first-order chi connectivity index (χ1) is 23.4. The third-order valence-electron chi connectivity index (χ3n) is 10.4. The first kappa shape index (κ1) is 32.0. The summed E-state index contributed by atoms with van der Waals surface area (Å²) in [7, 11) is 1.75. The Kier molecular flexibility index (Phi) is 9.23. The van der Waals surface area contributed by atoms with E-state index in [-0.39, 0.29) is 24.1 Å². The fourth-order valence-electron chi connectivity index (χ4n) is 7.89. The van der Waals surface area contributed by atoms with Gasteiger partial charge in [0.1, 0.15) is 18.2 Å². The van der Waals surface area contributed by atoms with Crippen molar-refractivity contribution in [1.29, 1.82) is 5.26 Å². The molecule has 3 fully saturated rings. The number of piperidine rings is 2. The molecule has 0 spiro atoms. The zero-order chi connectivity index (χ0) is 33.2. The van der Waals surface area contributed by atoms with Gasteiger partial charge in [-0.05, 0) is 87.6 Å². The highest BCUT2D eigenvalue weighted by atomic mass is 16.5. The van der Waals surface area contributed by atoms with Crippen LogP contribution in [0.5, 0.6) is 0 Å². The highest BCUT2D eigenvalue weighted by molar-refractivity contribution is 6.00. The lowest BCUT2D eigenvalue weighted by Crippen LogP contribution is -2.46. The Balaban J connectivity index is 0.868. The van der Waals surface area contributed by atoms with Crippen LogP contribution in [0.4, 0.5) is 5.82 Å². The normalized spacial score (nSPS) is 22.5. The fraction of sp³-hybridized carbons (Fsp3) is 0.500. The van der Waals surface area contributed by atoms with E-state index in [1.807, 2.05) is 30.3 Å². The molecule has 1 unspecified atom stereocenters. The Morgan fingerprint density at radius 2 is 1.83 bits per heavy atom. The number of nitriles is 1. The van der Waals surface area contributed by atoms with Gasteiger partial charge in [-0.3, -0.25) is 24.0 Å². The Bertz CT molecular complexity index is 1930. The molecule has 2 aromatic carbocycles. The highest BCUT2D eigenvalue weighted by Gasteiger charge is 2.32. The maximum Gasteiger partial charge on any atom is 0.329 e. The number of carbonyl (C=O) groups excluding carboxylic acids is 2. The Morgan fingerprint density at radius 1 is 1.02 bits per heavy atom. The van der Waals surface area contributed by atoms with Gasteiger partial charge in [-0.2, -0.15) is 5.26 Å². The second-order valence-corrected chi connectivity index (χ2v) is 13.4. The molecule has 0 radical (unpaired) electrons. The van der Waals surface area contributed by atoms with E-state index in [1.165, 1.54) is 0 Å². The van der Waals surface area contributed by atoms with Crippen LogP contribution in [0, 0.1) is 11.3 Å². The largest absolute Gasteiger partial charge is 0.378 e. The Morgan fingerprint density at radius 3 is 2.60 bits per heavy atom. The van der Waals surface area contributed by atoms with Crippen LogP contribution >= 0.6 is 0 Å². The van der Waals surface area contributed by atoms with E-state index in [4.69, 9.17) is 4.74 Å². The molecular weight excluding hydrogens is 608 g/mol. The molecule has 12 nitrogen and oxygen atoms in total. The minimum absolute atomic E-state index is 0.225. The Labute approximate surface area is 279 Å². The molecule has 250 valence electrons. The average molecular weight is 651 g/mol. The van der Waals surface area contributed by atoms with Crippen LogP contribution in [0.3, 0.4) is 0 Å². The molecule has 12 heteroatoms. The molecular formula is C36H42N8O4. The number of fused-ring (bicyclic) bond motifs is 2. The summed E-state index contributed by atoms with van der Waals surface area (Å²) in [5.41, 5.74) is 3.83. The molecule has 3 aliphatic rings. The molecule has 2 aliphatic heterocycles. The zero-order valence-corrected chi connectivity index (χ0v) is 27.4. The lowest BCUT2D eigenvalue weighted by atomic mass is 9.89. The van der Waals surface area contributed by atoms with Gasteiger partial charge in [0, 0.05) is 50.6 Å². The number of hydrogen-bond acceptors (Lipinski definition) is 9. The lowest BCUT2D eigenvalue weighted by molar-refractivity contribution is -0.135. The van der Waals surface area contributed by atoms with E-state index >= 15 is 0 Å². The van der Waals surface area contributed by atoms with Crippen LogP contribution in [0.15, 0.2) is 47.5 Å². The lowest BCUT2D eigenvalue weighted by Gasteiger charge is -2.41. The third-order valence-corrected chi connectivity index (χ3v) is 10.4. The third kappa shape index (κ3) is 6.44. The standard InChI is InChI=1S/C36H42N8O4/c1-42-33-24(4-2-6-30(33)44(36(42)47)31-13-14-32(45)41-35(31)46)5-3-19-48-27-15-17-43(18-16-27)26-10-8-25(9-11-26)40-34-28-20-23(21-37)7-12-29(28)38-22-39-34/h2,4,6-7,12,20,22,25-27,31H,3,5,8-11,13-19H2,1H3,(H,38,39,40)(H,41,45,46). The number of aryl methyl sites for hydroxylation is 2. The molecule has 2 N–H and O–H groups in total. The summed E-state index contributed by atoms with van der Waals surface area (Å²) >= 11 is 0. The van der Waals surface area contributed by atoms with E-state index in [0.717, 1.165) is 97.8 Å². The monoisotopic (exact) mass is 650 g/mol. The van der Waals surface area contributed by atoms with Crippen molar-refractivity contribution in [1.82, 2.24) is 29.3 Å². The number of anilines is 1. The Hall–Kier alpha value is -4.60. The molecule has 0 bridgehead atoms. The number of likely N-dealkylation sites (tertiary alicyclic amines) is 1. The summed E-state index contributed by atoms with van der Waals surface area (Å²) in [6.45, 7) is 2.76. The minimum atomic E-state index is -0.681. The number of benzene rings is 2. The summed E-state index contributed by atoms with van der Waals surface area (Å²) in [5.74, 6) is 0.0995. The second kappa shape index (κ2) is 13.9. The number of nitrogens with zero attached hydrogens (tertiary/aromatic N) is 6. The van der Waals surface area contributed by atoms with Crippen molar-refractivity contribution in [2.24, 2.45) is 7.05 Å². The number of hydrogen-bond donors (Lipinski definition) is 2. The van der Waals surface area contributed by atoms with E-state index in [0.29, 0.717) is 30.7 Å². The smallest absolute Gasteiger partial charge is 0.329 e. The van der Waals surface area contributed by atoms with Crippen LogP contribution in [-0.2, 0) is 27.8 Å². The summed E-state index contributed by atoms with van der Waals surface area (Å²) < 4.78 is 9.50. The highest BCUT2D eigenvalue weighted by Crippen LogP contribution is 2.30. The van der Waals surface area contributed by atoms with Crippen LogP contribution in [-0.4, -0.2) is 73.7 Å². The zero-order valence-electron chi connectivity index (χ0n) is 27.4. The van der Waals surface area contributed by atoms with Crippen molar-refractivity contribution in [2.75, 3.05) is 25.0 Å². The number of imidazole rings is 1. The topological polar surface area (TPSA) is 147 Å². The summed E-state index contributed by atoms with van der Waals surface area (Å²) in [6.07, 6.45) is 10.5. The van der Waals surface area contributed by atoms with E-state index in [9.17, 15) is 19.6 Å². The number of carbonyl (C=O) groups is 2. The summed E-state index contributed by atoms with van der Waals surface area (Å²) in [4.78, 5) is 48.9. The van der Waals surface area contributed by atoms with Gasteiger partial charge < -0.3 is 15.0 Å². The number of aromatic nitrogens is 4. The first-order valence-corrected chi connectivity index (χ1v) is 17.2. The molecule has 48 heavy (non-hydrogen) atoms. The van der Waals surface area contributed by atoms with Gasteiger partial charge in [-0.25, -0.2) is 14.8 Å². The van der Waals surface area contributed by atoms with E-state index in [2.05, 4.69) is 31.6 Å². The fourth-order valence-corrected chi connectivity index (χ4v) is 7.89. The molecule has 4 heterocycles. The number of nitrogens with one attached hydrogen (secondary N) is 2. The first-order valence-electron chi connectivity index (χ1n) is 17.2. The van der Waals surface area contributed by atoms with Crippen LogP contribution < -0.4 is 16.3 Å². The van der Waals surface area contributed by atoms with Crippen LogP contribution in [0.2, 0.25) is 0 Å². The minimum Gasteiger partial charge on any atom is -0.378 e. The molecule has 2 aromatic heterocycles. The van der Waals surface area contributed by atoms with Crippen molar-refractivity contribution in [3.05, 3.63) is 64.3 Å².